The summed E-state index contributed by atoms with van der Waals surface area (Å²) in [6.45, 7) is 0. The van der Waals surface area contributed by atoms with Crippen molar-refractivity contribution in [2.75, 3.05) is 0 Å². The van der Waals surface area contributed by atoms with Gasteiger partial charge in [-0.3, -0.25) is 19.5 Å². The molecule has 0 saturated carbocycles. The Morgan fingerprint density at radius 1 is 0.867 bits per heavy atom. The zero-order chi connectivity index (χ0) is 21.1. The van der Waals surface area contributed by atoms with Crippen LogP contribution >= 0.6 is 11.8 Å². The third-order valence-corrected chi connectivity index (χ3v) is 5.59. The molecule has 0 amide bonds. The number of aromatic nitrogens is 1. The molecule has 30 heavy (non-hydrogen) atoms. The highest BCUT2D eigenvalue weighted by Crippen LogP contribution is 2.35. The Kier molecular flexibility index (Phi) is 5.36. The standard InChI is InChI=1S/C23H16N2O4S/c26-21-15-20(16-7-3-1-4-8-16)24(17-9-5-2-6-10-17)23(27)22(21)30-19-13-11-18(12-14-19)25(28)29/h1-15,26H. The zero-order valence-corrected chi connectivity index (χ0v) is 16.5. The Bertz CT molecular complexity index is 1250. The van der Waals surface area contributed by atoms with E-state index in [1.54, 1.807) is 22.8 Å². The molecular formula is C23H16N2O4S. The van der Waals surface area contributed by atoms with Crippen molar-refractivity contribution in [3.8, 4) is 22.7 Å². The van der Waals surface area contributed by atoms with E-state index >= 15 is 0 Å². The predicted octanol–water partition coefficient (Wildman–Crippen LogP) is 5.27. The van der Waals surface area contributed by atoms with E-state index in [-0.39, 0.29) is 21.9 Å². The van der Waals surface area contributed by atoms with Crippen molar-refractivity contribution >= 4 is 17.4 Å². The van der Waals surface area contributed by atoms with Crippen LogP contribution < -0.4 is 5.56 Å². The van der Waals surface area contributed by atoms with Crippen molar-refractivity contribution < 1.29 is 10.0 Å². The van der Waals surface area contributed by atoms with Crippen molar-refractivity contribution in [1.82, 2.24) is 4.57 Å². The van der Waals surface area contributed by atoms with Gasteiger partial charge in [0.2, 0.25) is 0 Å². The van der Waals surface area contributed by atoms with E-state index in [0.29, 0.717) is 16.3 Å². The van der Waals surface area contributed by atoms with Gasteiger partial charge in [-0.25, -0.2) is 0 Å². The highest BCUT2D eigenvalue weighted by molar-refractivity contribution is 7.99. The summed E-state index contributed by atoms with van der Waals surface area (Å²) in [4.78, 5) is 24.6. The quantitative estimate of drug-likeness (QED) is 0.354. The topological polar surface area (TPSA) is 85.4 Å². The maximum atomic E-state index is 13.4. The van der Waals surface area contributed by atoms with Crippen LogP contribution in [0.25, 0.3) is 16.9 Å². The third-order valence-electron chi connectivity index (χ3n) is 4.50. The van der Waals surface area contributed by atoms with E-state index in [0.717, 1.165) is 17.3 Å². The van der Waals surface area contributed by atoms with Gasteiger partial charge in [-0.15, -0.1) is 0 Å². The fourth-order valence-electron chi connectivity index (χ4n) is 3.08. The van der Waals surface area contributed by atoms with Crippen LogP contribution in [0.5, 0.6) is 5.75 Å². The number of para-hydroxylation sites is 1. The number of hydrogen-bond acceptors (Lipinski definition) is 5. The fraction of sp³-hybridized carbons (Fsp3) is 0. The molecule has 1 heterocycles. The first-order chi connectivity index (χ1) is 14.5. The molecule has 0 aliphatic heterocycles. The minimum absolute atomic E-state index is 0.0373. The normalized spacial score (nSPS) is 10.7. The maximum Gasteiger partial charge on any atom is 0.273 e. The summed E-state index contributed by atoms with van der Waals surface area (Å²) in [5, 5.41) is 21.5. The molecule has 148 valence electrons. The SMILES string of the molecule is O=c1c(Sc2ccc([N+](=O)[O-])cc2)c(O)cc(-c2ccccc2)n1-c1ccccc1. The summed E-state index contributed by atoms with van der Waals surface area (Å²) in [5.74, 6) is -0.144. The molecule has 4 aromatic rings. The number of nitro benzene ring substituents is 1. The molecule has 0 radical (unpaired) electrons. The monoisotopic (exact) mass is 416 g/mol. The summed E-state index contributed by atoms with van der Waals surface area (Å²) in [6.07, 6.45) is 0. The van der Waals surface area contributed by atoms with Crippen LogP contribution in [0.3, 0.4) is 0 Å². The average molecular weight is 416 g/mol. The lowest BCUT2D eigenvalue weighted by molar-refractivity contribution is -0.384. The highest BCUT2D eigenvalue weighted by atomic mass is 32.2. The predicted molar refractivity (Wildman–Crippen MR) is 116 cm³/mol. The van der Waals surface area contributed by atoms with Crippen LogP contribution in [0.1, 0.15) is 0 Å². The smallest absolute Gasteiger partial charge is 0.273 e. The lowest BCUT2D eigenvalue weighted by Gasteiger charge is -2.16. The molecule has 0 aliphatic rings. The number of non-ortho nitro benzene ring substituents is 1. The van der Waals surface area contributed by atoms with Crippen LogP contribution in [-0.4, -0.2) is 14.6 Å². The molecule has 0 spiro atoms. The molecule has 0 fully saturated rings. The van der Waals surface area contributed by atoms with Crippen LogP contribution in [0.15, 0.2) is 106 Å². The summed E-state index contributed by atoms with van der Waals surface area (Å²) in [7, 11) is 0. The summed E-state index contributed by atoms with van der Waals surface area (Å²) >= 11 is 1.07. The second-order valence-corrected chi connectivity index (χ2v) is 7.52. The average Bonchev–Trinajstić information content (AvgIpc) is 2.78. The number of nitro groups is 1. The largest absolute Gasteiger partial charge is 0.506 e. The van der Waals surface area contributed by atoms with Gasteiger partial charge in [-0.2, -0.15) is 0 Å². The Morgan fingerprint density at radius 2 is 1.47 bits per heavy atom. The van der Waals surface area contributed by atoms with Crippen molar-refractivity contribution in [3.63, 3.8) is 0 Å². The second kappa shape index (κ2) is 8.26. The first-order valence-electron chi connectivity index (χ1n) is 9.07. The minimum Gasteiger partial charge on any atom is -0.506 e. The van der Waals surface area contributed by atoms with Crippen molar-refractivity contribution in [2.45, 2.75) is 9.79 Å². The fourth-order valence-corrected chi connectivity index (χ4v) is 3.93. The van der Waals surface area contributed by atoms with Crippen molar-refractivity contribution in [3.05, 3.63) is 111 Å². The van der Waals surface area contributed by atoms with Gasteiger partial charge in [-0.05, 0) is 29.8 Å². The van der Waals surface area contributed by atoms with E-state index in [1.807, 2.05) is 60.7 Å². The van der Waals surface area contributed by atoms with E-state index < -0.39 is 4.92 Å². The highest BCUT2D eigenvalue weighted by Gasteiger charge is 2.18. The minimum atomic E-state index is -0.483. The van der Waals surface area contributed by atoms with Crippen molar-refractivity contribution in [2.24, 2.45) is 0 Å². The summed E-state index contributed by atoms with van der Waals surface area (Å²) < 4.78 is 1.56. The van der Waals surface area contributed by atoms with Crippen LogP contribution in [0.4, 0.5) is 5.69 Å². The Balaban J connectivity index is 1.87. The van der Waals surface area contributed by atoms with E-state index in [4.69, 9.17) is 0 Å². The lowest BCUT2D eigenvalue weighted by atomic mass is 10.1. The molecule has 3 aromatic carbocycles. The molecule has 7 heteroatoms. The molecule has 0 unspecified atom stereocenters. The van der Waals surface area contributed by atoms with Gasteiger partial charge in [-0.1, -0.05) is 60.3 Å². The molecule has 0 aliphatic carbocycles. The summed E-state index contributed by atoms with van der Waals surface area (Å²) in [6, 6.07) is 26.0. The number of aromatic hydroxyl groups is 1. The molecule has 1 N–H and O–H groups in total. The maximum absolute atomic E-state index is 13.4. The lowest BCUT2D eigenvalue weighted by Crippen LogP contribution is -2.21. The van der Waals surface area contributed by atoms with Gasteiger partial charge < -0.3 is 5.11 Å². The van der Waals surface area contributed by atoms with Gasteiger partial charge >= 0.3 is 0 Å². The molecule has 0 bridgehead atoms. The first kappa shape index (κ1) is 19.5. The van der Waals surface area contributed by atoms with E-state index in [2.05, 4.69) is 0 Å². The van der Waals surface area contributed by atoms with Crippen LogP contribution in [-0.2, 0) is 0 Å². The zero-order valence-electron chi connectivity index (χ0n) is 15.6. The molecule has 0 atom stereocenters. The Hall–Kier alpha value is -3.84. The third kappa shape index (κ3) is 3.83. The second-order valence-electron chi connectivity index (χ2n) is 6.44. The van der Waals surface area contributed by atoms with Gasteiger partial charge in [0.05, 0.1) is 10.6 Å². The molecule has 6 nitrogen and oxygen atoms in total. The Morgan fingerprint density at radius 3 is 2.07 bits per heavy atom. The number of pyridine rings is 1. The number of rotatable bonds is 5. The number of nitrogens with zero attached hydrogens (tertiary/aromatic N) is 2. The van der Waals surface area contributed by atoms with Gasteiger partial charge in [0.15, 0.2) is 0 Å². The molecular weight excluding hydrogens is 400 g/mol. The molecule has 4 rings (SSSR count). The number of benzene rings is 3. The first-order valence-corrected chi connectivity index (χ1v) is 9.88. The van der Waals surface area contributed by atoms with Gasteiger partial charge in [0.25, 0.3) is 11.2 Å². The van der Waals surface area contributed by atoms with E-state index in [1.165, 1.54) is 12.1 Å². The van der Waals surface area contributed by atoms with Crippen LogP contribution in [0, 0.1) is 10.1 Å². The van der Waals surface area contributed by atoms with Crippen molar-refractivity contribution in [1.29, 1.82) is 0 Å². The molecule has 0 saturated heterocycles. The number of hydrogen-bond donors (Lipinski definition) is 1. The van der Waals surface area contributed by atoms with E-state index in [9.17, 15) is 20.0 Å². The van der Waals surface area contributed by atoms with Gasteiger partial charge in [0, 0.05) is 28.8 Å². The summed E-state index contributed by atoms with van der Waals surface area (Å²) in [5.41, 5.74) is 1.62. The molecule has 1 aromatic heterocycles. The van der Waals surface area contributed by atoms with Crippen LogP contribution in [0.2, 0.25) is 0 Å². The van der Waals surface area contributed by atoms with Gasteiger partial charge in [0.1, 0.15) is 10.6 Å². The Labute approximate surface area is 176 Å².